The number of carboxylic acids is 1. The maximum atomic E-state index is 14.3. The Bertz CT molecular complexity index is 1210. The number of aryl methyl sites for hydroxylation is 1. The summed E-state index contributed by atoms with van der Waals surface area (Å²) in [5.74, 6) is -2.18. The molecule has 7 nitrogen and oxygen atoms in total. The third-order valence-corrected chi connectivity index (χ3v) is 7.18. The highest BCUT2D eigenvalue weighted by Gasteiger charge is 2.27. The van der Waals surface area contributed by atoms with Crippen LogP contribution in [-0.4, -0.2) is 57.0 Å². The summed E-state index contributed by atoms with van der Waals surface area (Å²) in [6.07, 6.45) is 3.46. The molecule has 1 fully saturated rings. The lowest BCUT2D eigenvalue weighted by Gasteiger charge is -2.28. The fourth-order valence-electron chi connectivity index (χ4n) is 5.20. The van der Waals surface area contributed by atoms with Crippen LogP contribution in [0.2, 0.25) is 0 Å². The molecule has 1 aliphatic carbocycles. The number of hydrogen-bond donors (Lipinski definition) is 3. The summed E-state index contributed by atoms with van der Waals surface area (Å²) in [5, 5.41) is 33.0. The van der Waals surface area contributed by atoms with Gasteiger partial charge in [0.1, 0.15) is 6.61 Å². The zero-order chi connectivity index (χ0) is 27.1. The van der Waals surface area contributed by atoms with Gasteiger partial charge in [0, 0.05) is 17.7 Å². The molecular formula is C29H34F2N2O5. The first-order valence-electron chi connectivity index (χ1n) is 13.0. The topological polar surface area (TPSA) is 105 Å². The number of halogens is 2. The van der Waals surface area contributed by atoms with Crippen LogP contribution in [-0.2, 0) is 22.5 Å². The lowest BCUT2D eigenvalue weighted by Crippen LogP contribution is -2.23. The minimum absolute atomic E-state index is 0.278. The van der Waals surface area contributed by atoms with Crippen LogP contribution in [0.1, 0.15) is 37.8 Å². The predicted molar refractivity (Wildman–Crippen MR) is 138 cm³/mol. The minimum atomic E-state index is -0.968. The Morgan fingerprint density at radius 3 is 2.39 bits per heavy atom. The number of carbonyl (C=O) groups is 1. The number of hydrogen-bond acceptors (Lipinski definition) is 5. The Hall–Kier alpha value is -3.14. The van der Waals surface area contributed by atoms with Gasteiger partial charge in [-0.05, 0) is 68.1 Å². The van der Waals surface area contributed by atoms with E-state index in [9.17, 15) is 23.8 Å². The monoisotopic (exact) mass is 528 g/mol. The number of aliphatic hydroxyl groups is 2. The molecule has 1 aromatic heterocycles. The van der Waals surface area contributed by atoms with Gasteiger partial charge in [-0.3, -0.25) is 4.68 Å². The molecule has 4 rings (SSSR count). The van der Waals surface area contributed by atoms with Gasteiger partial charge in [-0.2, -0.15) is 5.10 Å². The average molecular weight is 529 g/mol. The van der Waals surface area contributed by atoms with Crippen molar-refractivity contribution in [2.24, 2.45) is 11.8 Å². The molecule has 1 atom stereocenters. The van der Waals surface area contributed by atoms with Gasteiger partial charge in [-0.25, -0.2) is 13.6 Å². The van der Waals surface area contributed by atoms with Crippen LogP contribution < -0.4 is 0 Å². The van der Waals surface area contributed by atoms with Crippen LogP contribution >= 0.6 is 0 Å². The molecule has 1 heterocycles. The van der Waals surface area contributed by atoms with Crippen molar-refractivity contribution in [2.75, 3.05) is 19.8 Å². The summed E-state index contributed by atoms with van der Waals surface area (Å²) in [5.41, 5.74) is 3.54. The van der Waals surface area contributed by atoms with Crippen LogP contribution in [0.15, 0.2) is 48.5 Å². The van der Waals surface area contributed by atoms with E-state index in [1.807, 2.05) is 35.0 Å². The van der Waals surface area contributed by atoms with Crippen molar-refractivity contribution in [3.05, 3.63) is 65.9 Å². The number of carboxylic acid groups (broad SMARTS) is 1. The fourth-order valence-corrected chi connectivity index (χ4v) is 5.20. The molecule has 9 heteroatoms. The highest BCUT2D eigenvalue weighted by atomic mass is 19.2. The third kappa shape index (κ3) is 7.03. The number of ether oxygens (including phenoxy) is 1. The number of aromatic nitrogens is 2. The fraction of sp³-hybridized carbons (Fsp3) is 0.448. The maximum Gasteiger partial charge on any atom is 0.329 e. The maximum absolute atomic E-state index is 14.3. The Balaban J connectivity index is 1.65. The summed E-state index contributed by atoms with van der Waals surface area (Å²) in [7, 11) is 0. The van der Waals surface area contributed by atoms with Crippen molar-refractivity contribution in [3.8, 4) is 22.4 Å². The average Bonchev–Trinajstić information content (AvgIpc) is 3.28. The van der Waals surface area contributed by atoms with E-state index >= 15 is 0 Å². The van der Waals surface area contributed by atoms with E-state index < -0.39 is 23.7 Å². The Kier molecular flexibility index (Phi) is 9.60. The first kappa shape index (κ1) is 27.9. The SMILES string of the molecule is O=C(O)COC[C@H]1CC[C@H](Cn2nc(CC[C@H](O)CO)c(-c3ccc(F)c(F)c3)c2-c2ccccc2)CC1. The molecule has 1 aliphatic rings. The second-order valence-electron chi connectivity index (χ2n) is 10.0. The summed E-state index contributed by atoms with van der Waals surface area (Å²) in [4.78, 5) is 10.7. The van der Waals surface area contributed by atoms with Crippen LogP contribution in [0.4, 0.5) is 8.78 Å². The standard InChI is InChI=1S/C29H34F2N2O5/c30-24-12-10-22(14-25(24)31)28-26(13-11-23(35)16-34)32-33(29(28)21-4-2-1-3-5-21)15-19-6-8-20(9-7-19)17-38-18-27(36)37/h1-5,10,12,14,19-20,23,34-35H,6-9,11,13,15-18H2,(H,36,37)/t19-,20-,23-/m0/s1. The highest BCUT2D eigenvalue weighted by molar-refractivity contribution is 5.83. The molecule has 0 amide bonds. The smallest absolute Gasteiger partial charge is 0.329 e. The van der Waals surface area contributed by atoms with Crippen molar-refractivity contribution in [2.45, 2.75) is 51.2 Å². The van der Waals surface area contributed by atoms with E-state index in [4.69, 9.17) is 14.9 Å². The van der Waals surface area contributed by atoms with Crippen LogP contribution in [0, 0.1) is 23.5 Å². The lowest BCUT2D eigenvalue weighted by atomic mass is 9.82. The second kappa shape index (κ2) is 13.1. The predicted octanol–water partition coefficient (Wildman–Crippen LogP) is 4.69. The first-order chi connectivity index (χ1) is 18.4. The van der Waals surface area contributed by atoms with Gasteiger partial charge in [-0.1, -0.05) is 36.4 Å². The van der Waals surface area contributed by atoms with Crippen molar-refractivity contribution in [1.82, 2.24) is 9.78 Å². The van der Waals surface area contributed by atoms with Gasteiger partial charge in [0.15, 0.2) is 11.6 Å². The molecule has 1 saturated carbocycles. The van der Waals surface area contributed by atoms with Crippen LogP contribution in [0.25, 0.3) is 22.4 Å². The normalized spacial score (nSPS) is 18.4. The molecule has 0 aliphatic heterocycles. The van der Waals surface area contributed by atoms with Gasteiger partial charge in [0.05, 0.1) is 30.7 Å². The van der Waals surface area contributed by atoms with Gasteiger partial charge >= 0.3 is 5.97 Å². The molecule has 204 valence electrons. The molecular weight excluding hydrogens is 494 g/mol. The molecule has 38 heavy (non-hydrogen) atoms. The van der Waals surface area contributed by atoms with E-state index in [0.29, 0.717) is 48.2 Å². The van der Waals surface area contributed by atoms with E-state index in [1.54, 1.807) is 6.07 Å². The van der Waals surface area contributed by atoms with Gasteiger partial charge in [0.2, 0.25) is 0 Å². The lowest BCUT2D eigenvalue weighted by molar-refractivity contribution is -0.142. The van der Waals surface area contributed by atoms with Gasteiger partial charge < -0.3 is 20.1 Å². The van der Waals surface area contributed by atoms with E-state index in [0.717, 1.165) is 43.0 Å². The summed E-state index contributed by atoms with van der Waals surface area (Å²) < 4.78 is 35.4. The zero-order valence-electron chi connectivity index (χ0n) is 21.2. The van der Waals surface area contributed by atoms with E-state index in [2.05, 4.69) is 0 Å². The molecule has 0 bridgehead atoms. The van der Waals surface area contributed by atoms with Crippen LogP contribution in [0.3, 0.4) is 0 Å². The molecule has 2 aromatic carbocycles. The third-order valence-electron chi connectivity index (χ3n) is 7.18. The number of aliphatic carboxylic acids is 1. The van der Waals surface area contributed by atoms with Crippen molar-refractivity contribution in [3.63, 3.8) is 0 Å². The van der Waals surface area contributed by atoms with Gasteiger partial charge in [0.25, 0.3) is 0 Å². The highest BCUT2D eigenvalue weighted by Crippen LogP contribution is 2.38. The van der Waals surface area contributed by atoms with Crippen LogP contribution in [0.5, 0.6) is 0 Å². The molecule has 0 radical (unpaired) electrons. The number of aliphatic hydroxyl groups excluding tert-OH is 2. The molecule has 0 saturated heterocycles. The molecule has 0 spiro atoms. The Morgan fingerprint density at radius 2 is 1.74 bits per heavy atom. The van der Waals surface area contributed by atoms with E-state index in [1.165, 1.54) is 6.07 Å². The molecule has 0 unspecified atom stereocenters. The van der Waals surface area contributed by atoms with Gasteiger partial charge in [-0.15, -0.1) is 0 Å². The summed E-state index contributed by atoms with van der Waals surface area (Å²) in [6, 6.07) is 13.5. The molecule has 3 aromatic rings. The molecule has 3 N–H and O–H groups in total. The quantitative estimate of drug-likeness (QED) is 0.315. The Labute approximate surface area is 220 Å². The zero-order valence-corrected chi connectivity index (χ0v) is 21.2. The Morgan fingerprint density at radius 1 is 1.03 bits per heavy atom. The minimum Gasteiger partial charge on any atom is -0.480 e. The van der Waals surface area contributed by atoms with Crippen molar-refractivity contribution >= 4 is 5.97 Å². The number of benzene rings is 2. The first-order valence-corrected chi connectivity index (χ1v) is 13.0. The largest absolute Gasteiger partial charge is 0.480 e. The second-order valence-corrected chi connectivity index (χ2v) is 10.0. The van der Waals surface area contributed by atoms with Crippen molar-refractivity contribution in [1.29, 1.82) is 0 Å². The summed E-state index contributed by atoms with van der Waals surface area (Å²) in [6.45, 7) is 0.417. The van der Waals surface area contributed by atoms with E-state index in [-0.39, 0.29) is 19.6 Å². The summed E-state index contributed by atoms with van der Waals surface area (Å²) >= 11 is 0. The van der Waals surface area contributed by atoms with Crippen molar-refractivity contribution < 1.29 is 33.6 Å². The number of nitrogens with zero attached hydrogens (tertiary/aromatic N) is 2. The number of rotatable bonds is 12.